The lowest BCUT2D eigenvalue weighted by Crippen LogP contribution is -2.55. The van der Waals surface area contributed by atoms with Gasteiger partial charge in [-0.3, -0.25) is 19.4 Å². The minimum atomic E-state index is -1.02. The molecule has 1 aliphatic rings. The SMILES string of the molecule is CC(=O)O[C@@H]1[C@@H](OC(C)=O)[C@H](OC(C)=O)CS[C@H]1Oc1cncc(-c2ccc(CO)cc2)c1. The number of aliphatic hydroxyl groups is 1. The Morgan fingerprint density at radius 3 is 2.18 bits per heavy atom. The minimum absolute atomic E-state index is 0.0457. The Morgan fingerprint density at radius 2 is 1.58 bits per heavy atom. The van der Waals surface area contributed by atoms with E-state index < -0.39 is 41.7 Å². The lowest BCUT2D eigenvalue weighted by molar-refractivity contribution is -0.186. The van der Waals surface area contributed by atoms with Gasteiger partial charge in [0.15, 0.2) is 23.7 Å². The molecule has 0 radical (unpaired) electrons. The largest absolute Gasteiger partial charge is 0.474 e. The van der Waals surface area contributed by atoms with E-state index in [2.05, 4.69) is 4.98 Å². The molecule has 0 aliphatic carbocycles. The van der Waals surface area contributed by atoms with Crippen LogP contribution in [-0.4, -0.2) is 57.5 Å². The Hall–Kier alpha value is -3.11. The van der Waals surface area contributed by atoms with Crippen LogP contribution in [0.1, 0.15) is 26.3 Å². The molecule has 0 bridgehead atoms. The number of ether oxygens (including phenoxy) is 4. The summed E-state index contributed by atoms with van der Waals surface area (Å²) in [6.07, 6.45) is 0.369. The molecule has 1 N–H and O–H groups in total. The topological polar surface area (TPSA) is 121 Å². The average molecular weight is 476 g/mol. The molecule has 0 amide bonds. The second-order valence-electron chi connectivity index (χ2n) is 7.38. The number of rotatable bonds is 7. The van der Waals surface area contributed by atoms with Crippen LogP contribution < -0.4 is 4.74 Å². The standard InChI is InChI=1S/C23H25NO8S/c1-13(26)29-20-12-33-23(22(31-15(3)28)21(20)30-14(2)27)32-19-8-18(9-24-10-19)17-6-4-16(11-25)5-7-17/h4-10,20-23,25H,11-12H2,1-3H3/t20-,21+,22-,23-/m1/s1. The van der Waals surface area contributed by atoms with Gasteiger partial charge in [0.05, 0.1) is 12.8 Å². The zero-order valence-electron chi connectivity index (χ0n) is 18.4. The van der Waals surface area contributed by atoms with E-state index in [0.29, 0.717) is 5.75 Å². The maximum atomic E-state index is 11.8. The van der Waals surface area contributed by atoms with Gasteiger partial charge in [-0.1, -0.05) is 24.3 Å². The number of thioether (sulfide) groups is 1. The van der Waals surface area contributed by atoms with Crippen LogP contribution in [0, 0.1) is 0 Å². The number of carbonyl (C=O) groups excluding carboxylic acids is 3. The van der Waals surface area contributed by atoms with Gasteiger partial charge in [-0.25, -0.2) is 0 Å². The normalized spacial score (nSPS) is 22.2. The van der Waals surface area contributed by atoms with Crippen LogP contribution in [0.4, 0.5) is 0 Å². The lowest BCUT2D eigenvalue weighted by atomic mass is 10.1. The Kier molecular flexibility index (Phi) is 8.29. The minimum Gasteiger partial charge on any atom is -0.474 e. The molecule has 1 aliphatic heterocycles. The zero-order chi connectivity index (χ0) is 24.0. The van der Waals surface area contributed by atoms with E-state index in [1.54, 1.807) is 12.3 Å². The fourth-order valence-corrected chi connectivity index (χ4v) is 4.60. The van der Waals surface area contributed by atoms with E-state index in [-0.39, 0.29) is 12.4 Å². The molecule has 1 saturated heterocycles. The molecule has 3 rings (SSSR count). The van der Waals surface area contributed by atoms with Crippen molar-refractivity contribution in [1.82, 2.24) is 4.98 Å². The molecule has 2 heterocycles. The summed E-state index contributed by atoms with van der Waals surface area (Å²) in [5.41, 5.74) is 1.72. The smallest absolute Gasteiger partial charge is 0.303 e. The molecule has 1 fully saturated rings. The van der Waals surface area contributed by atoms with E-state index in [9.17, 15) is 19.5 Å². The van der Waals surface area contributed by atoms with Crippen LogP contribution in [0.25, 0.3) is 11.1 Å². The van der Waals surface area contributed by atoms with E-state index in [1.807, 2.05) is 24.3 Å². The second-order valence-corrected chi connectivity index (χ2v) is 8.51. The van der Waals surface area contributed by atoms with Gasteiger partial charge in [0, 0.05) is 38.3 Å². The van der Waals surface area contributed by atoms with Gasteiger partial charge < -0.3 is 24.1 Å². The molecule has 33 heavy (non-hydrogen) atoms. The molecule has 0 spiro atoms. The van der Waals surface area contributed by atoms with E-state index in [4.69, 9.17) is 18.9 Å². The van der Waals surface area contributed by atoms with Crippen molar-refractivity contribution >= 4 is 29.7 Å². The van der Waals surface area contributed by atoms with Crippen molar-refractivity contribution in [3.63, 3.8) is 0 Å². The van der Waals surface area contributed by atoms with Crippen molar-refractivity contribution in [2.24, 2.45) is 0 Å². The first kappa shape index (κ1) is 24.5. The quantitative estimate of drug-likeness (QED) is 0.472. The fraction of sp³-hybridized carbons (Fsp3) is 0.391. The Labute approximate surface area is 195 Å². The summed E-state index contributed by atoms with van der Waals surface area (Å²) in [5.74, 6) is -1.04. The van der Waals surface area contributed by atoms with Crippen LogP contribution in [0.5, 0.6) is 5.75 Å². The molecule has 4 atom stereocenters. The second kappa shape index (κ2) is 11.2. The van der Waals surface area contributed by atoms with Gasteiger partial charge in [0.25, 0.3) is 0 Å². The monoisotopic (exact) mass is 475 g/mol. The number of aromatic nitrogens is 1. The van der Waals surface area contributed by atoms with Crippen molar-refractivity contribution in [2.45, 2.75) is 51.1 Å². The van der Waals surface area contributed by atoms with E-state index >= 15 is 0 Å². The van der Waals surface area contributed by atoms with Crippen molar-refractivity contribution < 1.29 is 38.4 Å². The molecular weight excluding hydrogens is 450 g/mol. The van der Waals surface area contributed by atoms with Gasteiger partial charge in [-0.15, -0.1) is 11.8 Å². The molecule has 176 valence electrons. The third kappa shape index (κ3) is 6.69. The predicted octanol–water partition coefficient (Wildman–Crippen LogP) is 2.49. The third-order valence-electron chi connectivity index (χ3n) is 4.74. The van der Waals surface area contributed by atoms with Crippen LogP contribution in [0.2, 0.25) is 0 Å². The van der Waals surface area contributed by atoms with Crippen molar-refractivity contribution in [3.05, 3.63) is 48.3 Å². The lowest BCUT2D eigenvalue weighted by Gasteiger charge is -2.39. The number of esters is 3. The molecule has 9 nitrogen and oxygen atoms in total. The average Bonchev–Trinajstić information content (AvgIpc) is 2.77. The highest BCUT2D eigenvalue weighted by Crippen LogP contribution is 2.35. The first-order chi connectivity index (χ1) is 15.8. The van der Waals surface area contributed by atoms with Gasteiger partial charge in [0.2, 0.25) is 0 Å². The number of hydrogen-bond donors (Lipinski definition) is 1. The molecule has 2 aromatic rings. The van der Waals surface area contributed by atoms with E-state index in [1.165, 1.54) is 38.7 Å². The summed E-state index contributed by atoms with van der Waals surface area (Å²) in [6.45, 7) is 3.67. The molecule has 0 saturated carbocycles. The van der Waals surface area contributed by atoms with Crippen LogP contribution in [-0.2, 0) is 35.2 Å². The number of benzene rings is 1. The molecule has 10 heteroatoms. The van der Waals surface area contributed by atoms with Crippen molar-refractivity contribution in [2.75, 3.05) is 5.75 Å². The van der Waals surface area contributed by atoms with Gasteiger partial charge in [-0.05, 0) is 17.2 Å². The van der Waals surface area contributed by atoms with Crippen molar-refractivity contribution in [3.8, 4) is 16.9 Å². The summed E-state index contributed by atoms with van der Waals surface area (Å²) in [4.78, 5) is 39.3. The number of pyridine rings is 1. The molecule has 0 unspecified atom stereocenters. The molecule has 1 aromatic heterocycles. The zero-order valence-corrected chi connectivity index (χ0v) is 19.2. The molecular formula is C23H25NO8S. The maximum Gasteiger partial charge on any atom is 0.303 e. The Morgan fingerprint density at radius 1 is 0.939 bits per heavy atom. The molecule has 1 aromatic carbocycles. The van der Waals surface area contributed by atoms with Crippen LogP contribution in [0.15, 0.2) is 42.7 Å². The highest BCUT2D eigenvalue weighted by Gasteiger charge is 2.47. The Balaban J connectivity index is 1.85. The highest BCUT2D eigenvalue weighted by atomic mass is 32.2. The van der Waals surface area contributed by atoms with Gasteiger partial charge in [0.1, 0.15) is 5.75 Å². The van der Waals surface area contributed by atoms with Gasteiger partial charge in [-0.2, -0.15) is 0 Å². The van der Waals surface area contributed by atoms with E-state index in [0.717, 1.165) is 16.7 Å². The first-order valence-electron chi connectivity index (χ1n) is 10.2. The predicted molar refractivity (Wildman–Crippen MR) is 119 cm³/mol. The number of nitrogens with zero attached hydrogens (tertiary/aromatic N) is 1. The summed E-state index contributed by atoms with van der Waals surface area (Å²) >= 11 is 1.27. The number of hydrogen-bond acceptors (Lipinski definition) is 10. The number of aliphatic hydroxyl groups excluding tert-OH is 1. The van der Waals surface area contributed by atoms with Crippen LogP contribution in [0.3, 0.4) is 0 Å². The van der Waals surface area contributed by atoms with Gasteiger partial charge >= 0.3 is 17.9 Å². The fourth-order valence-electron chi connectivity index (χ4n) is 3.39. The number of carbonyl (C=O) groups is 3. The summed E-state index contributed by atoms with van der Waals surface area (Å²) in [7, 11) is 0. The van der Waals surface area contributed by atoms with Crippen LogP contribution >= 0.6 is 11.8 Å². The first-order valence-corrected chi connectivity index (χ1v) is 11.3. The summed E-state index contributed by atoms with van der Waals surface area (Å²) in [5, 5.41) is 9.23. The highest BCUT2D eigenvalue weighted by molar-refractivity contribution is 7.99. The third-order valence-corrected chi connectivity index (χ3v) is 5.95. The summed E-state index contributed by atoms with van der Waals surface area (Å²) in [6, 6.07) is 9.14. The van der Waals surface area contributed by atoms with Crippen molar-refractivity contribution in [1.29, 1.82) is 0 Å². The maximum absolute atomic E-state index is 11.8. The Bertz CT molecular complexity index is 996. The summed E-state index contributed by atoms with van der Waals surface area (Å²) < 4.78 is 22.2.